The molecule has 1 amide bonds. The fourth-order valence-corrected chi connectivity index (χ4v) is 3.17. The summed E-state index contributed by atoms with van der Waals surface area (Å²) in [4.78, 5) is 14.4. The second-order valence-electron chi connectivity index (χ2n) is 5.56. The van der Waals surface area contributed by atoms with Crippen molar-refractivity contribution in [3.8, 4) is 11.5 Å². The van der Waals surface area contributed by atoms with E-state index in [1.165, 1.54) is 13.2 Å². The van der Waals surface area contributed by atoms with Crippen molar-refractivity contribution in [1.82, 2.24) is 4.90 Å². The van der Waals surface area contributed by atoms with Crippen LogP contribution in [0.2, 0.25) is 0 Å². The van der Waals surface area contributed by atoms with Gasteiger partial charge in [0.1, 0.15) is 11.5 Å². The summed E-state index contributed by atoms with van der Waals surface area (Å²) in [5, 5.41) is 9.97. The van der Waals surface area contributed by atoms with E-state index < -0.39 is 0 Å². The van der Waals surface area contributed by atoms with Gasteiger partial charge in [0.15, 0.2) is 0 Å². The number of phenolic OH excluding ortho intramolecular Hbond substituents is 1. The van der Waals surface area contributed by atoms with Crippen molar-refractivity contribution >= 4 is 5.91 Å². The Morgan fingerprint density at radius 2 is 1.90 bits per heavy atom. The molecule has 0 saturated carbocycles. The topological polar surface area (TPSA) is 49.8 Å². The summed E-state index contributed by atoms with van der Waals surface area (Å²) in [5.74, 6) is 1.61. The van der Waals surface area contributed by atoms with Gasteiger partial charge in [-0.2, -0.15) is 0 Å². The number of allylic oxidation sites excluding steroid dienone is 2. The van der Waals surface area contributed by atoms with Crippen molar-refractivity contribution in [2.24, 2.45) is 11.8 Å². The number of fused-ring (bicyclic) bond motifs is 1. The number of aromatic hydroxyl groups is 1. The number of carbonyl (C=O) groups is 1. The lowest BCUT2D eigenvalue weighted by Gasteiger charge is -2.17. The molecule has 0 radical (unpaired) electrons. The zero-order chi connectivity index (χ0) is 14.1. The maximum atomic E-state index is 12.5. The van der Waals surface area contributed by atoms with Crippen LogP contribution in [0.15, 0.2) is 30.4 Å². The Morgan fingerprint density at radius 1 is 1.25 bits per heavy atom. The zero-order valence-corrected chi connectivity index (χ0v) is 11.6. The van der Waals surface area contributed by atoms with Gasteiger partial charge in [-0.05, 0) is 36.8 Å². The summed E-state index contributed by atoms with van der Waals surface area (Å²) in [5.41, 5.74) is 0.359. The van der Waals surface area contributed by atoms with Crippen LogP contribution in [0.4, 0.5) is 0 Å². The van der Waals surface area contributed by atoms with Gasteiger partial charge in [0, 0.05) is 19.2 Å². The molecule has 0 bridgehead atoms. The molecule has 1 heterocycles. The molecule has 1 aliphatic carbocycles. The molecule has 0 spiro atoms. The van der Waals surface area contributed by atoms with Crippen LogP contribution >= 0.6 is 0 Å². The minimum absolute atomic E-state index is 0.0117. The highest BCUT2D eigenvalue weighted by Gasteiger charge is 2.35. The molecule has 1 aromatic rings. The van der Waals surface area contributed by atoms with E-state index in [0.717, 1.165) is 25.9 Å². The lowest BCUT2D eigenvalue weighted by molar-refractivity contribution is 0.0781. The maximum Gasteiger partial charge on any atom is 0.257 e. The molecule has 1 aromatic carbocycles. The van der Waals surface area contributed by atoms with Crippen LogP contribution in [-0.2, 0) is 0 Å². The number of likely N-dealkylation sites (tertiary alicyclic amines) is 1. The highest BCUT2D eigenvalue weighted by atomic mass is 16.5. The van der Waals surface area contributed by atoms with Crippen LogP contribution in [0, 0.1) is 11.8 Å². The first kappa shape index (κ1) is 13.0. The van der Waals surface area contributed by atoms with E-state index >= 15 is 0 Å². The third-order valence-corrected chi connectivity index (χ3v) is 4.34. The van der Waals surface area contributed by atoms with Gasteiger partial charge < -0.3 is 14.7 Å². The predicted octanol–water partition coefficient (Wildman–Crippen LogP) is 2.44. The van der Waals surface area contributed by atoms with E-state index in [4.69, 9.17) is 4.74 Å². The molecule has 4 heteroatoms. The van der Waals surface area contributed by atoms with Crippen LogP contribution in [0.1, 0.15) is 23.2 Å². The molecule has 1 N–H and O–H groups in total. The number of hydrogen-bond donors (Lipinski definition) is 1. The quantitative estimate of drug-likeness (QED) is 0.842. The number of ether oxygens (including phenoxy) is 1. The fraction of sp³-hybridized carbons (Fsp3) is 0.438. The summed E-state index contributed by atoms with van der Waals surface area (Å²) in [6.45, 7) is 1.58. The molecule has 2 atom stereocenters. The van der Waals surface area contributed by atoms with Crippen molar-refractivity contribution in [2.45, 2.75) is 12.8 Å². The van der Waals surface area contributed by atoms with Crippen molar-refractivity contribution < 1.29 is 14.6 Å². The number of nitrogens with zero attached hydrogens (tertiary/aromatic N) is 1. The first-order valence-corrected chi connectivity index (χ1v) is 7.00. The van der Waals surface area contributed by atoms with Crippen LogP contribution in [0.3, 0.4) is 0 Å². The number of benzene rings is 1. The molecule has 0 unspecified atom stereocenters. The number of rotatable bonds is 2. The number of hydrogen-bond acceptors (Lipinski definition) is 3. The highest BCUT2D eigenvalue weighted by Crippen LogP contribution is 2.34. The Balaban J connectivity index is 1.77. The first-order chi connectivity index (χ1) is 9.69. The SMILES string of the molecule is COc1ccc(C(=O)N2C[C@H]3CC=CC[C@H]3C2)c(O)c1. The van der Waals surface area contributed by atoms with Crippen molar-refractivity contribution in [3.05, 3.63) is 35.9 Å². The maximum absolute atomic E-state index is 12.5. The predicted molar refractivity (Wildman–Crippen MR) is 75.9 cm³/mol. The second-order valence-corrected chi connectivity index (χ2v) is 5.56. The third kappa shape index (κ3) is 2.26. The summed E-state index contributed by atoms with van der Waals surface area (Å²) in [7, 11) is 1.54. The van der Waals surface area contributed by atoms with Gasteiger partial charge in [-0.15, -0.1) is 0 Å². The number of amides is 1. The van der Waals surface area contributed by atoms with Crippen molar-refractivity contribution in [1.29, 1.82) is 0 Å². The molecule has 3 rings (SSSR count). The Morgan fingerprint density at radius 3 is 2.45 bits per heavy atom. The molecule has 20 heavy (non-hydrogen) atoms. The van der Waals surface area contributed by atoms with Gasteiger partial charge in [0.05, 0.1) is 12.7 Å². The highest BCUT2D eigenvalue weighted by molar-refractivity contribution is 5.97. The molecule has 0 aromatic heterocycles. The van der Waals surface area contributed by atoms with Crippen LogP contribution in [0.5, 0.6) is 11.5 Å². The molecule has 1 saturated heterocycles. The Hall–Kier alpha value is -1.97. The molecule has 4 nitrogen and oxygen atoms in total. The average Bonchev–Trinajstić information content (AvgIpc) is 2.90. The molecule has 1 fully saturated rings. The van der Waals surface area contributed by atoms with Crippen LogP contribution < -0.4 is 4.74 Å². The van der Waals surface area contributed by atoms with Gasteiger partial charge in [-0.1, -0.05) is 12.2 Å². The van der Waals surface area contributed by atoms with E-state index in [9.17, 15) is 9.90 Å². The molecule has 2 aliphatic rings. The van der Waals surface area contributed by atoms with Gasteiger partial charge in [-0.3, -0.25) is 4.79 Å². The van der Waals surface area contributed by atoms with Gasteiger partial charge in [-0.25, -0.2) is 0 Å². The van der Waals surface area contributed by atoms with E-state index in [1.807, 2.05) is 4.90 Å². The van der Waals surface area contributed by atoms with Crippen molar-refractivity contribution in [2.75, 3.05) is 20.2 Å². The summed E-state index contributed by atoms with van der Waals surface area (Å²) in [6, 6.07) is 4.83. The third-order valence-electron chi connectivity index (χ3n) is 4.34. The lowest BCUT2D eigenvalue weighted by Crippen LogP contribution is -2.29. The monoisotopic (exact) mass is 273 g/mol. The van der Waals surface area contributed by atoms with E-state index in [0.29, 0.717) is 23.1 Å². The van der Waals surface area contributed by atoms with Gasteiger partial charge >= 0.3 is 0 Å². The summed E-state index contributed by atoms with van der Waals surface area (Å²) in [6.07, 6.45) is 6.53. The minimum atomic E-state index is -0.0837. The molecule has 1 aliphatic heterocycles. The largest absolute Gasteiger partial charge is 0.507 e. The van der Waals surface area contributed by atoms with E-state index in [2.05, 4.69) is 12.2 Å². The van der Waals surface area contributed by atoms with Gasteiger partial charge in [0.25, 0.3) is 5.91 Å². The lowest BCUT2D eigenvalue weighted by atomic mass is 9.86. The van der Waals surface area contributed by atoms with Gasteiger partial charge in [0.2, 0.25) is 0 Å². The normalized spacial score (nSPS) is 24.6. The van der Waals surface area contributed by atoms with E-state index in [-0.39, 0.29) is 11.7 Å². The van der Waals surface area contributed by atoms with E-state index in [1.54, 1.807) is 12.1 Å². The zero-order valence-electron chi connectivity index (χ0n) is 11.6. The molecular formula is C16H19NO3. The Kier molecular flexibility index (Phi) is 3.38. The number of phenols is 1. The molecule has 106 valence electrons. The fourth-order valence-electron chi connectivity index (χ4n) is 3.17. The summed E-state index contributed by atoms with van der Waals surface area (Å²) >= 11 is 0. The Bertz CT molecular complexity index is 537. The smallest absolute Gasteiger partial charge is 0.257 e. The number of carbonyl (C=O) groups excluding carboxylic acids is 1. The van der Waals surface area contributed by atoms with Crippen LogP contribution in [0.25, 0.3) is 0 Å². The second kappa shape index (κ2) is 5.19. The number of methoxy groups -OCH3 is 1. The minimum Gasteiger partial charge on any atom is -0.507 e. The average molecular weight is 273 g/mol. The van der Waals surface area contributed by atoms with Crippen LogP contribution in [-0.4, -0.2) is 36.1 Å². The first-order valence-electron chi connectivity index (χ1n) is 7.00. The van der Waals surface area contributed by atoms with Crippen molar-refractivity contribution in [3.63, 3.8) is 0 Å². The molecular weight excluding hydrogens is 254 g/mol. The standard InChI is InChI=1S/C16H19NO3/c1-20-13-6-7-14(15(18)8-13)16(19)17-9-11-4-2-3-5-12(11)10-17/h2-3,6-8,11-12,18H,4-5,9-10H2,1H3/t11-,12+. The Labute approximate surface area is 118 Å². The summed E-state index contributed by atoms with van der Waals surface area (Å²) < 4.78 is 5.04.